The molecule has 9 heavy (non-hydrogen) atoms. The van der Waals surface area contributed by atoms with E-state index in [-0.39, 0.29) is 0 Å². The van der Waals surface area contributed by atoms with E-state index >= 15 is 0 Å². The summed E-state index contributed by atoms with van der Waals surface area (Å²) in [6.45, 7) is 7.16. The Morgan fingerprint density at radius 2 is 2.11 bits per heavy atom. The number of rotatable bonds is 3. The number of hydrogen-bond acceptors (Lipinski definition) is 1. The van der Waals surface area contributed by atoms with Crippen molar-refractivity contribution in [3.63, 3.8) is 0 Å². The second-order valence-electron chi connectivity index (χ2n) is 2.82. The van der Waals surface area contributed by atoms with Crippen molar-refractivity contribution in [1.29, 1.82) is 0 Å². The predicted octanol–water partition coefficient (Wildman–Crippen LogP) is 1.93. The quantitative estimate of drug-likeness (QED) is 0.614. The van der Waals surface area contributed by atoms with Crippen molar-refractivity contribution >= 4 is 0 Å². The van der Waals surface area contributed by atoms with Gasteiger partial charge in [-0.25, -0.2) is 0 Å². The lowest BCUT2D eigenvalue weighted by Gasteiger charge is -2.14. The molecule has 1 heteroatoms. The summed E-state index contributed by atoms with van der Waals surface area (Å²) in [5.41, 5.74) is -0.528. The van der Waals surface area contributed by atoms with Crippen molar-refractivity contribution in [3.8, 4) is 0 Å². The van der Waals surface area contributed by atoms with Crippen molar-refractivity contribution in [3.05, 3.63) is 19.1 Å². The molecule has 0 bridgehead atoms. The molecule has 0 aliphatic heterocycles. The third-order valence-corrected chi connectivity index (χ3v) is 1.09. The van der Waals surface area contributed by atoms with E-state index in [1.165, 1.54) is 0 Å². The van der Waals surface area contributed by atoms with Crippen molar-refractivity contribution in [1.82, 2.24) is 0 Å². The average Bonchev–Trinajstić information content (AvgIpc) is 1.63. The summed E-state index contributed by atoms with van der Waals surface area (Å²) in [6, 6.07) is 0. The van der Waals surface area contributed by atoms with E-state index in [0.717, 1.165) is 12.8 Å². The molecule has 0 aliphatic rings. The molecular formula is C8H15O. The number of hydrogen-bond donors (Lipinski definition) is 1. The topological polar surface area (TPSA) is 20.2 Å². The van der Waals surface area contributed by atoms with Crippen LogP contribution in [0.5, 0.6) is 0 Å². The fraction of sp³-hybridized carbons (Fsp3) is 0.625. The first kappa shape index (κ1) is 8.70. The highest BCUT2D eigenvalue weighted by Crippen LogP contribution is 2.09. The molecule has 0 aliphatic carbocycles. The summed E-state index contributed by atoms with van der Waals surface area (Å²) < 4.78 is 0. The van der Waals surface area contributed by atoms with Crippen LogP contribution in [0.25, 0.3) is 0 Å². The molecule has 0 atom stereocenters. The maximum Gasteiger partial charge on any atom is 0.0594 e. The van der Waals surface area contributed by atoms with Crippen LogP contribution in [-0.2, 0) is 0 Å². The molecule has 0 aromatic rings. The van der Waals surface area contributed by atoms with Crippen LogP contribution in [0.15, 0.2) is 12.2 Å². The van der Waals surface area contributed by atoms with Gasteiger partial charge in [-0.2, -0.15) is 0 Å². The van der Waals surface area contributed by atoms with Gasteiger partial charge in [-0.05, 0) is 33.6 Å². The summed E-state index contributed by atoms with van der Waals surface area (Å²) in [5.74, 6) is 0. The highest BCUT2D eigenvalue weighted by atomic mass is 16.3. The fourth-order valence-corrected chi connectivity index (χ4v) is 0.554. The van der Waals surface area contributed by atoms with Gasteiger partial charge in [-0.15, -0.1) is 0 Å². The summed E-state index contributed by atoms with van der Waals surface area (Å²) in [6.07, 6.45) is 5.43. The van der Waals surface area contributed by atoms with Crippen molar-refractivity contribution < 1.29 is 5.11 Å². The second kappa shape index (κ2) is 3.67. The van der Waals surface area contributed by atoms with Gasteiger partial charge in [-0.1, -0.05) is 12.2 Å². The summed E-state index contributed by atoms with van der Waals surface area (Å²) in [5, 5.41) is 9.19. The molecule has 0 rings (SSSR count). The monoisotopic (exact) mass is 127 g/mol. The molecule has 0 fully saturated rings. The van der Waals surface area contributed by atoms with E-state index in [4.69, 9.17) is 0 Å². The fourth-order valence-electron chi connectivity index (χ4n) is 0.554. The Morgan fingerprint density at radius 3 is 2.44 bits per heavy atom. The molecule has 0 spiro atoms. The first-order valence-electron chi connectivity index (χ1n) is 3.23. The first-order valence-corrected chi connectivity index (χ1v) is 3.23. The Kier molecular flexibility index (Phi) is 3.55. The van der Waals surface area contributed by atoms with Gasteiger partial charge in [0.15, 0.2) is 0 Å². The summed E-state index contributed by atoms with van der Waals surface area (Å²) in [4.78, 5) is 0. The average molecular weight is 127 g/mol. The molecule has 0 unspecified atom stereocenters. The molecule has 1 radical (unpaired) electrons. The van der Waals surface area contributed by atoms with Crippen LogP contribution in [0, 0.1) is 6.92 Å². The van der Waals surface area contributed by atoms with Crippen LogP contribution in [0.3, 0.4) is 0 Å². The Labute approximate surface area is 57.4 Å². The summed E-state index contributed by atoms with van der Waals surface area (Å²) in [7, 11) is 0. The zero-order chi connectivity index (χ0) is 7.33. The third kappa shape index (κ3) is 7.70. The lowest BCUT2D eigenvalue weighted by atomic mass is 10.0. The normalized spacial score (nSPS) is 12.9. The predicted molar refractivity (Wildman–Crippen MR) is 40.0 cm³/mol. The molecule has 53 valence electrons. The van der Waals surface area contributed by atoms with Crippen molar-refractivity contribution in [2.45, 2.75) is 32.3 Å². The van der Waals surface area contributed by atoms with Crippen molar-refractivity contribution in [2.24, 2.45) is 0 Å². The van der Waals surface area contributed by atoms with E-state index in [2.05, 4.69) is 6.92 Å². The minimum atomic E-state index is -0.528. The van der Waals surface area contributed by atoms with E-state index in [0.29, 0.717) is 0 Å². The zero-order valence-corrected chi connectivity index (χ0v) is 6.22. The minimum absolute atomic E-state index is 0.528. The highest BCUT2D eigenvalue weighted by Gasteiger charge is 2.09. The van der Waals surface area contributed by atoms with E-state index in [9.17, 15) is 5.11 Å². The van der Waals surface area contributed by atoms with Crippen LogP contribution in [0.1, 0.15) is 26.7 Å². The lowest BCUT2D eigenvalue weighted by Crippen LogP contribution is -2.17. The Balaban J connectivity index is 3.28. The molecule has 0 saturated heterocycles. The smallest absolute Gasteiger partial charge is 0.0594 e. The van der Waals surface area contributed by atoms with E-state index in [1.807, 2.05) is 19.9 Å². The molecule has 1 nitrogen and oxygen atoms in total. The largest absolute Gasteiger partial charge is 0.390 e. The van der Waals surface area contributed by atoms with Crippen LogP contribution >= 0.6 is 0 Å². The molecule has 0 saturated carbocycles. The Hall–Kier alpha value is -0.300. The molecule has 0 aromatic heterocycles. The third-order valence-electron chi connectivity index (χ3n) is 1.09. The van der Waals surface area contributed by atoms with Gasteiger partial charge in [0.1, 0.15) is 0 Å². The van der Waals surface area contributed by atoms with Gasteiger partial charge in [0.2, 0.25) is 0 Å². The van der Waals surface area contributed by atoms with Gasteiger partial charge in [0.05, 0.1) is 5.60 Å². The number of aliphatic hydroxyl groups is 1. The van der Waals surface area contributed by atoms with Gasteiger partial charge >= 0.3 is 0 Å². The zero-order valence-electron chi connectivity index (χ0n) is 6.22. The Morgan fingerprint density at radius 1 is 1.56 bits per heavy atom. The molecule has 0 heterocycles. The maximum atomic E-state index is 9.19. The van der Waals surface area contributed by atoms with E-state index < -0.39 is 5.60 Å². The van der Waals surface area contributed by atoms with Gasteiger partial charge < -0.3 is 5.11 Å². The van der Waals surface area contributed by atoms with Gasteiger partial charge in [0.25, 0.3) is 0 Å². The molecule has 1 N–H and O–H groups in total. The van der Waals surface area contributed by atoms with Crippen LogP contribution in [0.4, 0.5) is 0 Å². The Bertz CT molecular complexity index is 87.2. The standard InChI is InChI=1S/C8H15O/c1-4-5-6-7-8(2,3)9/h4-5,9H,1,6-7H2,2-3H3/b5-4+. The van der Waals surface area contributed by atoms with Crippen LogP contribution in [0.2, 0.25) is 0 Å². The first-order chi connectivity index (χ1) is 4.06. The second-order valence-corrected chi connectivity index (χ2v) is 2.82. The van der Waals surface area contributed by atoms with Gasteiger partial charge in [0, 0.05) is 0 Å². The minimum Gasteiger partial charge on any atom is -0.390 e. The highest BCUT2D eigenvalue weighted by molar-refractivity contribution is 4.85. The SMILES string of the molecule is [CH2]/C=C/CCC(C)(C)O. The van der Waals surface area contributed by atoms with Crippen molar-refractivity contribution in [2.75, 3.05) is 0 Å². The molecule has 0 amide bonds. The maximum absolute atomic E-state index is 9.19. The molecule has 0 aromatic carbocycles. The van der Waals surface area contributed by atoms with Crippen LogP contribution < -0.4 is 0 Å². The van der Waals surface area contributed by atoms with E-state index in [1.54, 1.807) is 6.08 Å². The summed E-state index contributed by atoms with van der Waals surface area (Å²) >= 11 is 0. The van der Waals surface area contributed by atoms with Crippen LogP contribution in [-0.4, -0.2) is 10.7 Å². The lowest BCUT2D eigenvalue weighted by molar-refractivity contribution is 0.0721. The number of allylic oxidation sites excluding steroid dienone is 2. The molecular weight excluding hydrogens is 112 g/mol. The van der Waals surface area contributed by atoms with Gasteiger partial charge in [-0.3, -0.25) is 0 Å².